The molecule has 1 aliphatic rings. The average molecular weight is 277 g/mol. The lowest BCUT2D eigenvalue weighted by Crippen LogP contribution is -2.43. The molecule has 0 aromatic carbocycles. The van der Waals surface area contributed by atoms with E-state index in [0.29, 0.717) is 12.2 Å². The van der Waals surface area contributed by atoms with Crippen LogP contribution >= 0.6 is 11.8 Å². The van der Waals surface area contributed by atoms with Gasteiger partial charge in [-0.15, -0.1) is 0 Å². The summed E-state index contributed by atoms with van der Waals surface area (Å²) >= 11 is 1.90. The number of nitrogens with one attached hydrogen (secondary N) is 1. The lowest BCUT2D eigenvalue weighted by Gasteiger charge is -2.26. The summed E-state index contributed by atoms with van der Waals surface area (Å²) in [6, 6.07) is 2.48. The molecule has 1 aliphatic heterocycles. The van der Waals surface area contributed by atoms with E-state index in [-0.39, 0.29) is 0 Å². The quantitative estimate of drug-likeness (QED) is 0.916. The molecule has 0 radical (unpaired) electrons. The normalized spacial score (nSPS) is 17.9. The molecule has 0 aliphatic carbocycles. The van der Waals surface area contributed by atoms with Crippen molar-refractivity contribution in [2.45, 2.75) is 12.7 Å². The Morgan fingerprint density at radius 1 is 1.28 bits per heavy atom. The van der Waals surface area contributed by atoms with E-state index in [9.17, 15) is 13.2 Å². The number of aromatic nitrogens is 1. The fourth-order valence-electron chi connectivity index (χ4n) is 1.61. The maximum Gasteiger partial charge on any atom is 0.417 e. The van der Waals surface area contributed by atoms with Crippen molar-refractivity contribution in [1.82, 2.24) is 15.4 Å². The molecule has 0 bridgehead atoms. The zero-order valence-corrected chi connectivity index (χ0v) is 10.5. The smallest absolute Gasteiger partial charge is 0.259 e. The number of halogens is 3. The van der Waals surface area contributed by atoms with Gasteiger partial charge in [0.1, 0.15) is 0 Å². The first-order valence-corrected chi connectivity index (χ1v) is 6.79. The number of nitrogens with zero attached hydrogens (tertiary/aromatic N) is 2. The summed E-state index contributed by atoms with van der Waals surface area (Å²) in [6.45, 7) is 2.36. The van der Waals surface area contributed by atoms with Crippen molar-refractivity contribution in [1.29, 1.82) is 0 Å². The molecule has 7 heteroatoms. The van der Waals surface area contributed by atoms with Gasteiger partial charge in [0.15, 0.2) is 0 Å². The first-order chi connectivity index (χ1) is 8.55. The fraction of sp³-hybridized carbons (Fsp3) is 0.545. The summed E-state index contributed by atoms with van der Waals surface area (Å²) in [5.41, 5.74) is 3.08. The van der Waals surface area contributed by atoms with Crippen molar-refractivity contribution in [2.75, 3.05) is 24.6 Å². The molecular weight excluding hydrogens is 263 g/mol. The van der Waals surface area contributed by atoms with E-state index in [4.69, 9.17) is 0 Å². The molecule has 100 valence electrons. The maximum atomic E-state index is 12.3. The first-order valence-electron chi connectivity index (χ1n) is 5.64. The fourth-order valence-corrected chi connectivity index (χ4v) is 2.51. The molecule has 1 saturated heterocycles. The number of hydrogen-bond donors (Lipinski definition) is 1. The van der Waals surface area contributed by atoms with Gasteiger partial charge in [-0.25, -0.2) is 10.4 Å². The number of thioether (sulfide) groups is 1. The molecule has 1 fully saturated rings. The number of pyridine rings is 1. The van der Waals surface area contributed by atoms with E-state index in [0.717, 1.165) is 36.9 Å². The SMILES string of the molecule is FC(F)(F)c1ccc(CNN2CCSCC2)nc1. The molecule has 0 atom stereocenters. The second-order valence-corrected chi connectivity index (χ2v) is 5.20. The van der Waals surface area contributed by atoms with Gasteiger partial charge in [0.25, 0.3) is 0 Å². The van der Waals surface area contributed by atoms with E-state index in [1.165, 1.54) is 6.07 Å². The van der Waals surface area contributed by atoms with Crippen molar-refractivity contribution in [3.05, 3.63) is 29.6 Å². The van der Waals surface area contributed by atoms with Gasteiger partial charge in [0.2, 0.25) is 0 Å². The highest BCUT2D eigenvalue weighted by atomic mass is 32.2. The molecule has 18 heavy (non-hydrogen) atoms. The van der Waals surface area contributed by atoms with Crippen LogP contribution < -0.4 is 5.43 Å². The summed E-state index contributed by atoms with van der Waals surface area (Å²) in [5, 5.41) is 2.08. The summed E-state index contributed by atoms with van der Waals surface area (Å²) in [6.07, 6.45) is -3.44. The zero-order valence-electron chi connectivity index (χ0n) is 9.70. The van der Waals surface area contributed by atoms with E-state index >= 15 is 0 Å². The zero-order chi connectivity index (χ0) is 13.0. The van der Waals surface area contributed by atoms with Crippen molar-refractivity contribution >= 4 is 11.8 Å². The molecule has 0 spiro atoms. The third-order valence-electron chi connectivity index (χ3n) is 2.65. The van der Waals surface area contributed by atoms with Gasteiger partial charge in [0.05, 0.1) is 17.8 Å². The highest BCUT2D eigenvalue weighted by Gasteiger charge is 2.30. The Balaban J connectivity index is 1.86. The molecule has 0 unspecified atom stereocenters. The van der Waals surface area contributed by atoms with Gasteiger partial charge in [0, 0.05) is 30.8 Å². The van der Waals surface area contributed by atoms with Crippen LogP contribution in [-0.2, 0) is 12.7 Å². The second-order valence-electron chi connectivity index (χ2n) is 3.97. The minimum absolute atomic E-state index is 0.461. The maximum absolute atomic E-state index is 12.3. The Hall–Kier alpha value is -0.790. The van der Waals surface area contributed by atoms with Gasteiger partial charge in [-0.2, -0.15) is 24.9 Å². The van der Waals surface area contributed by atoms with E-state index < -0.39 is 11.7 Å². The summed E-state index contributed by atoms with van der Waals surface area (Å²) in [4.78, 5) is 3.82. The van der Waals surface area contributed by atoms with Crippen LogP contribution in [0.2, 0.25) is 0 Å². The summed E-state index contributed by atoms with van der Waals surface area (Å²) in [7, 11) is 0. The van der Waals surface area contributed by atoms with Gasteiger partial charge in [-0.1, -0.05) is 0 Å². The van der Waals surface area contributed by atoms with Crippen molar-refractivity contribution < 1.29 is 13.2 Å². The number of hydrazine groups is 1. The monoisotopic (exact) mass is 277 g/mol. The van der Waals surface area contributed by atoms with Gasteiger partial charge in [-0.3, -0.25) is 4.98 Å². The minimum atomic E-state index is -4.32. The molecule has 0 saturated carbocycles. The Bertz CT molecular complexity index is 374. The van der Waals surface area contributed by atoms with E-state index in [1.807, 2.05) is 11.8 Å². The summed E-state index contributed by atoms with van der Waals surface area (Å²) in [5.74, 6) is 2.15. The minimum Gasteiger partial charge on any atom is -0.259 e. The van der Waals surface area contributed by atoms with Gasteiger partial charge in [-0.05, 0) is 12.1 Å². The molecule has 1 aromatic heterocycles. The van der Waals surface area contributed by atoms with E-state index in [1.54, 1.807) is 0 Å². The number of alkyl halides is 3. The first kappa shape index (κ1) is 13.6. The second kappa shape index (κ2) is 5.90. The van der Waals surface area contributed by atoms with Crippen molar-refractivity contribution in [3.8, 4) is 0 Å². The largest absolute Gasteiger partial charge is 0.417 e. The highest BCUT2D eigenvalue weighted by Crippen LogP contribution is 2.28. The Morgan fingerprint density at radius 3 is 2.56 bits per heavy atom. The third kappa shape index (κ3) is 3.86. The van der Waals surface area contributed by atoms with Crippen LogP contribution in [0, 0.1) is 0 Å². The standard InChI is InChI=1S/C11H14F3N3S/c12-11(13,14)9-1-2-10(15-7-9)8-16-17-3-5-18-6-4-17/h1-2,7,16H,3-6,8H2. The van der Waals surface area contributed by atoms with Crippen LogP contribution in [0.4, 0.5) is 13.2 Å². The van der Waals surface area contributed by atoms with Crippen molar-refractivity contribution in [3.63, 3.8) is 0 Å². The van der Waals surface area contributed by atoms with Crippen LogP contribution in [0.25, 0.3) is 0 Å². The highest BCUT2D eigenvalue weighted by molar-refractivity contribution is 7.99. The van der Waals surface area contributed by atoms with Gasteiger partial charge >= 0.3 is 6.18 Å². The molecule has 1 aromatic rings. The van der Waals surface area contributed by atoms with Crippen LogP contribution in [0.1, 0.15) is 11.3 Å². The third-order valence-corrected chi connectivity index (χ3v) is 3.59. The topological polar surface area (TPSA) is 28.2 Å². The molecule has 2 heterocycles. The van der Waals surface area contributed by atoms with Crippen LogP contribution in [0.5, 0.6) is 0 Å². The Kier molecular flexibility index (Phi) is 4.47. The number of rotatable bonds is 3. The lowest BCUT2D eigenvalue weighted by atomic mass is 10.2. The molecule has 2 rings (SSSR count). The number of hydrogen-bond acceptors (Lipinski definition) is 4. The molecule has 1 N–H and O–H groups in total. The lowest BCUT2D eigenvalue weighted by molar-refractivity contribution is -0.137. The Labute approximate surface area is 108 Å². The predicted molar refractivity (Wildman–Crippen MR) is 65.0 cm³/mol. The molecule has 3 nitrogen and oxygen atoms in total. The van der Waals surface area contributed by atoms with E-state index in [2.05, 4.69) is 15.4 Å². The van der Waals surface area contributed by atoms with Crippen molar-refractivity contribution in [2.24, 2.45) is 0 Å². The van der Waals surface area contributed by atoms with Gasteiger partial charge < -0.3 is 0 Å². The summed E-state index contributed by atoms with van der Waals surface area (Å²) < 4.78 is 37.0. The Morgan fingerprint density at radius 2 is 2.00 bits per heavy atom. The van der Waals surface area contributed by atoms with Crippen LogP contribution in [0.15, 0.2) is 18.3 Å². The molecule has 0 amide bonds. The van der Waals surface area contributed by atoms with Crippen LogP contribution in [0.3, 0.4) is 0 Å². The average Bonchev–Trinajstić information content (AvgIpc) is 2.37. The van der Waals surface area contributed by atoms with Crippen LogP contribution in [-0.4, -0.2) is 34.6 Å². The predicted octanol–water partition coefficient (Wildman–Crippen LogP) is 2.15. The molecular formula is C11H14F3N3S.